The van der Waals surface area contributed by atoms with Crippen LogP contribution in [0.15, 0.2) is 41.6 Å². The van der Waals surface area contributed by atoms with Crippen molar-refractivity contribution in [3.05, 3.63) is 46.4 Å². The number of alkyl halides is 3. The molecule has 2 nitrogen and oxygen atoms in total. The van der Waals surface area contributed by atoms with Crippen LogP contribution >= 0.6 is 35.0 Å². The number of halogens is 5. The molecule has 8 heteroatoms. The summed E-state index contributed by atoms with van der Waals surface area (Å²) in [5.41, 5.74) is -2.03. The summed E-state index contributed by atoms with van der Waals surface area (Å²) in [6.07, 6.45) is 0. The van der Waals surface area contributed by atoms with E-state index >= 15 is 0 Å². The first-order chi connectivity index (χ1) is 10.3. The lowest BCUT2D eigenvalue weighted by Gasteiger charge is -2.04. The van der Waals surface area contributed by atoms with Gasteiger partial charge in [0.15, 0.2) is 5.16 Å². The molecular formula is C14H7Cl2F3N2S. The highest BCUT2D eigenvalue weighted by Gasteiger charge is 2.31. The zero-order chi connectivity index (χ0) is 15.9. The molecule has 0 aliphatic rings. The predicted octanol–water partition coefficient (Wildman–Crippen LogP) is 6.15. The van der Waals surface area contributed by atoms with Gasteiger partial charge in [0.1, 0.15) is 0 Å². The number of hydrogen-bond acceptors (Lipinski definition) is 2. The summed E-state index contributed by atoms with van der Waals surface area (Å²) in [7, 11) is 0. The molecule has 1 aromatic heterocycles. The molecule has 0 unspecified atom stereocenters. The van der Waals surface area contributed by atoms with E-state index in [1.807, 2.05) is 0 Å². The fourth-order valence-corrected chi connectivity index (χ4v) is 2.94. The van der Waals surface area contributed by atoms with Crippen LogP contribution in [0.2, 0.25) is 10.0 Å². The third-order valence-electron chi connectivity index (χ3n) is 2.92. The van der Waals surface area contributed by atoms with Gasteiger partial charge in [-0.15, -0.1) is 0 Å². The van der Waals surface area contributed by atoms with Crippen LogP contribution in [0.3, 0.4) is 0 Å². The van der Waals surface area contributed by atoms with Crippen molar-refractivity contribution in [1.29, 1.82) is 0 Å². The molecule has 0 atom stereocenters. The van der Waals surface area contributed by atoms with Crippen LogP contribution in [-0.2, 0) is 0 Å². The number of aromatic amines is 1. The molecule has 0 amide bonds. The van der Waals surface area contributed by atoms with Gasteiger partial charge in [-0.1, -0.05) is 35.3 Å². The highest BCUT2D eigenvalue weighted by atomic mass is 35.5. The van der Waals surface area contributed by atoms with Crippen LogP contribution in [-0.4, -0.2) is 15.5 Å². The quantitative estimate of drug-likeness (QED) is 0.554. The van der Waals surface area contributed by atoms with E-state index in [9.17, 15) is 13.2 Å². The normalized spacial score (nSPS) is 12.0. The Kier molecular flexibility index (Phi) is 4.01. The SMILES string of the molecule is FC(F)(F)Sc1nc2cc(-c3ccc(Cl)cc3)c(Cl)cc2[nH]1. The molecule has 0 spiro atoms. The second-order valence-corrected chi connectivity index (χ2v) is 6.34. The van der Waals surface area contributed by atoms with Crippen molar-refractivity contribution >= 4 is 46.0 Å². The lowest BCUT2D eigenvalue weighted by atomic mass is 10.1. The summed E-state index contributed by atoms with van der Waals surface area (Å²) in [6, 6.07) is 10.2. The second kappa shape index (κ2) is 5.68. The Labute approximate surface area is 137 Å². The van der Waals surface area contributed by atoms with Crippen LogP contribution in [0, 0.1) is 0 Å². The predicted molar refractivity (Wildman–Crippen MR) is 83.5 cm³/mol. The third-order valence-corrected chi connectivity index (χ3v) is 4.10. The number of nitrogens with one attached hydrogen (secondary N) is 1. The Morgan fingerprint density at radius 1 is 1.05 bits per heavy atom. The maximum Gasteiger partial charge on any atom is 0.449 e. The highest BCUT2D eigenvalue weighted by molar-refractivity contribution is 8.00. The van der Waals surface area contributed by atoms with Gasteiger partial charge in [0, 0.05) is 22.3 Å². The summed E-state index contributed by atoms with van der Waals surface area (Å²) < 4.78 is 37.2. The molecule has 3 aromatic rings. The number of H-pyrrole nitrogens is 1. The molecule has 0 saturated carbocycles. The van der Waals surface area contributed by atoms with Crippen molar-refractivity contribution in [3.8, 4) is 11.1 Å². The maximum absolute atomic E-state index is 12.4. The molecule has 0 radical (unpaired) electrons. The topological polar surface area (TPSA) is 28.7 Å². The number of imidazole rings is 1. The van der Waals surface area contributed by atoms with E-state index < -0.39 is 5.51 Å². The standard InChI is InChI=1S/C14H7Cl2F3N2S/c15-8-3-1-7(2-4-8)9-5-11-12(6-10(9)16)21-13(20-11)22-14(17,18)19/h1-6H,(H,20,21). The highest BCUT2D eigenvalue weighted by Crippen LogP contribution is 2.38. The lowest BCUT2D eigenvalue weighted by Crippen LogP contribution is -1.99. The number of benzene rings is 2. The third kappa shape index (κ3) is 3.34. The molecule has 0 fully saturated rings. The number of fused-ring (bicyclic) bond motifs is 1. The van der Waals surface area contributed by atoms with Crippen molar-refractivity contribution in [2.24, 2.45) is 0 Å². The zero-order valence-electron chi connectivity index (χ0n) is 10.7. The van der Waals surface area contributed by atoms with E-state index in [1.54, 1.807) is 36.4 Å². The van der Waals surface area contributed by atoms with Gasteiger partial charge in [0.2, 0.25) is 0 Å². The zero-order valence-corrected chi connectivity index (χ0v) is 13.0. The van der Waals surface area contributed by atoms with Gasteiger partial charge in [-0.2, -0.15) is 13.2 Å². The van der Waals surface area contributed by atoms with Gasteiger partial charge < -0.3 is 4.98 Å². The molecule has 2 aromatic carbocycles. The van der Waals surface area contributed by atoms with E-state index in [2.05, 4.69) is 9.97 Å². The average molecular weight is 363 g/mol. The van der Waals surface area contributed by atoms with Crippen LogP contribution in [0.1, 0.15) is 0 Å². The monoisotopic (exact) mass is 362 g/mol. The van der Waals surface area contributed by atoms with Gasteiger partial charge in [0.25, 0.3) is 0 Å². The minimum absolute atomic E-state index is 0.216. The Bertz CT molecular complexity index is 828. The van der Waals surface area contributed by atoms with Gasteiger partial charge in [0.05, 0.1) is 16.1 Å². The van der Waals surface area contributed by atoms with Gasteiger partial charge in [-0.3, -0.25) is 0 Å². The molecule has 114 valence electrons. The Balaban J connectivity index is 2.06. The first kappa shape index (κ1) is 15.5. The molecule has 0 aliphatic heterocycles. The summed E-state index contributed by atoms with van der Waals surface area (Å²) in [5.74, 6) is 0. The summed E-state index contributed by atoms with van der Waals surface area (Å²) in [4.78, 5) is 6.55. The Hall–Kier alpha value is -1.37. The van der Waals surface area contributed by atoms with Gasteiger partial charge in [-0.05, 0) is 29.8 Å². The average Bonchev–Trinajstić information content (AvgIpc) is 2.77. The van der Waals surface area contributed by atoms with Crippen molar-refractivity contribution < 1.29 is 13.2 Å². The fourth-order valence-electron chi connectivity index (χ4n) is 2.02. The number of hydrogen-bond donors (Lipinski definition) is 1. The summed E-state index contributed by atoms with van der Waals surface area (Å²) in [6.45, 7) is 0. The van der Waals surface area contributed by atoms with E-state index in [1.165, 1.54) is 0 Å². The fraction of sp³-hybridized carbons (Fsp3) is 0.0714. The first-order valence-electron chi connectivity index (χ1n) is 6.03. The maximum atomic E-state index is 12.4. The van der Waals surface area contributed by atoms with Gasteiger partial charge in [-0.25, -0.2) is 4.98 Å². The minimum atomic E-state index is -4.39. The lowest BCUT2D eigenvalue weighted by molar-refractivity contribution is -0.0330. The number of aromatic nitrogens is 2. The van der Waals surface area contributed by atoms with E-state index in [0.29, 0.717) is 26.6 Å². The smallest absolute Gasteiger partial charge is 0.333 e. The van der Waals surface area contributed by atoms with Gasteiger partial charge >= 0.3 is 5.51 Å². The molecule has 1 heterocycles. The number of nitrogens with zero attached hydrogens (tertiary/aromatic N) is 1. The Morgan fingerprint density at radius 3 is 2.36 bits per heavy atom. The molecule has 3 rings (SSSR count). The Morgan fingerprint density at radius 2 is 1.73 bits per heavy atom. The second-order valence-electron chi connectivity index (χ2n) is 4.45. The van der Waals surface area contributed by atoms with Crippen LogP contribution < -0.4 is 0 Å². The van der Waals surface area contributed by atoms with Crippen molar-refractivity contribution in [1.82, 2.24) is 9.97 Å². The largest absolute Gasteiger partial charge is 0.449 e. The minimum Gasteiger partial charge on any atom is -0.333 e. The number of thioether (sulfide) groups is 1. The molecular weight excluding hydrogens is 356 g/mol. The van der Waals surface area contributed by atoms with Crippen molar-refractivity contribution in [2.45, 2.75) is 10.7 Å². The van der Waals surface area contributed by atoms with E-state index in [4.69, 9.17) is 23.2 Å². The summed E-state index contributed by atoms with van der Waals surface area (Å²) >= 11 is 11.8. The summed E-state index contributed by atoms with van der Waals surface area (Å²) in [5, 5.41) is 0.790. The molecule has 0 bridgehead atoms. The van der Waals surface area contributed by atoms with Crippen molar-refractivity contribution in [2.75, 3.05) is 0 Å². The number of rotatable bonds is 2. The molecule has 0 aliphatic carbocycles. The molecule has 22 heavy (non-hydrogen) atoms. The van der Waals surface area contributed by atoms with Crippen molar-refractivity contribution in [3.63, 3.8) is 0 Å². The van der Waals surface area contributed by atoms with E-state index in [-0.39, 0.29) is 16.9 Å². The van der Waals surface area contributed by atoms with E-state index in [0.717, 1.165) is 5.56 Å². The molecule has 0 saturated heterocycles. The molecule has 1 N–H and O–H groups in total. The van der Waals surface area contributed by atoms with Crippen LogP contribution in [0.4, 0.5) is 13.2 Å². The van der Waals surface area contributed by atoms with Crippen LogP contribution in [0.5, 0.6) is 0 Å². The van der Waals surface area contributed by atoms with Crippen LogP contribution in [0.25, 0.3) is 22.2 Å². The first-order valence-corrected chi connectivity index (χ1v) is 7.60.